The van der Waals surface area contributed by atoms with E-state index in [9.17, 15) is 9.59 Å². The second-order valence-electron chi connectivity index (χ2n) is 4.81. The molecule has 0 saturated carbocycles. The third-order valence-electron chi connectivity index (χ3n) is 3.15. The maximum Gasteiger partial charge on any atom is 0.319 e. The highest BCUT2D eigenvalue weighted by molar-refractivity contribution is 5.92. The fraction of sp³-hybridized carbons (Fsp3) is 0.429. The van der Waals surface area contributed by atoms with Gasteiger partial charge in [-0.05, 0) is 24.6 Å². The Morgan fingerprint density at radius 2 is 2.00 bits per heavy atom. The van der Waals surface area contributed by atoms with Crippen molar-refractivity contribution in [2.45, 2.75) is 6.92 Å². The fourth-order valence-electron chi connectivity index (χ4n) is 2.08. The maximum absolute atomic E-state index is 11.9. The molecule has 0 radical (unpaired) electrons. The number of carbonyl (C=O) groups is 2. The Hall–Kier alpha value is -1.79. The summed E-state index contributed by atoms with van der Waals surface area (Å²) in [4.78, 5) is 25.3. The first kappa shape index (κ1) is 17.3. The van der Waals surface area contributed by atoms with E-state index in [0.29, 0.717) is 13.1 Å². The summed E-state index contributed by atoms with van der Waals surface area (Å²) < 4.78 is 0. The van der Waals surface area contributed by atoms with Crippen LogP contribution in [0.25, 0.3) is 0 Å². The van der Waals surface area contributed by atoms with Crippen LogP contribution >= 0.6 is 12.4 Å². The SMILES string of the molecule is Cc1cccc(NC(=O)NCC(=O)N2CCNCC2)c1.Cl. The minimum Gasteiger partial charge on any atom is -0.339 e. The van der Waals surface area contributed by atoms with Gasteiger partial charge in [-0.25, -0.2) is 4.79 Å². The monoisotopic (exact) mass is 312 g/mol. The molecule has 0 aliphatic carbocycles. The summed E-state index contributed by atoms with van der Waals surface area (Å²) in [6, 6.07) is 7.15. The van der Waals surface area contributed by atoms with Crippen LogP contribution in [0.15, 0.2) is 24.3 Å². The lowest BCUT2D eigenvalue weighted by atomic mass is 10.2. The predicted octanol–water partition coefficient (Wildman–Crippen LogP) is 0.970. The maximum atomic E-state index is 11.9. The molecular weight excluding hydrogens is 292 g/mol. The second-order valence-corrected chi connectivity index (χ2v) is 4.81. The molecule has 0 aromatic heterocycles. The van der Waals surface area contributed by atoms with Crippen molar-refractivity contribution in [3.8, 4) is 0 Å². The Morgan fingerprint density at radius 1 is 1.29 bits per heavy atom. The van der Waals surface area contributed by atoms with Gasteiger partial charge in [-0.2, -0.15) is 0 Å². The standard InChI is InChI=1S/C14H20N4O2.ClH/c1-11-3-2-4-12(9-11)17-14(20)16-10-13(19)18-7-5-15-6-8-18;/h2-4,9,15H,5-8,10H2,1H3,(H2,16,17,20);1H. The Balaban J connectivity index is 0.00000220. The summed E-state index contributed by atoms with van der Waals surface area (Å²) in [6.45, 7) is 4.98. The van der Waals surface area contributed by atoms with Gasteiger partial charge in [0.25, 0.3) is 0 Å². The Labute approximate surface area is 130 Å². The molecule has 1 saturated heterocycles. The Morgan fingerprint density at radius 3 is 2.67 bits per heavy atom. The Bertz CT molecular complexity index is 490. The number of urea groups is 1. The zero-order chi connectivity index (χ0) is 14.4. The number of hydrogen-bond donors (Lipinski definition) is 3. The molecule has 3 N–H and O–H groups in total. The van der Waals surface area contributed by atoms with Gasteiger partial charge in [-0.15, -0.1) is 12.4 Å². The molecule has 21 heavy (non-hydrogen) atoms. The molecule has 1 fully saturated rings. The zero-order valence-electron chi connectivity index (χ0n) is 12.0. The molecule has 1 aliphatic rings. The molecule has 0 unspecified atom stereocenters. The topological polar surface area (TPSA) is 73.5 Å². The van der Waals surface area contributed by atoms with Crippen LogP contribution in [-0.2, 0) is 4.79 Å². The van der Waals surface area contributed by atoms with Gasteiger partial charge in [-0.1, -0.05) is 12.1 Å². The number of rotatable bonds is 3. The van der Waals surface area contributed by atoms with Crippen molar-refractivity contribution in [3.63, 3.8) is 0 Å². The summed E-state index contributed by atoms with van der Waals surface area (Å²) in [5.41, 5.74) is 1.79. The molecule has 6 nitrogen and oxygen atoms in total. The normalized spacial score (nSPS) is 14.0. The van der Waals surface area contributed by atoms with E-state index >= 15 is 0 Å². The van der Waals surface area contributed by atoms with Crippen LogP contribution < -0.4 is 16.0 Å². The van der Waals surface area contributed by atoms with Gasteiger partial charge < -0.3 is 20.9 Å². The third kappa shape index (κ3) is 5.61. The van der Waals surface area contributed by atoms with E-state index in [-0.39, 0.29) is 30.9 Å². The van der Waals surface area contributed by atoms with Crippen LogP contribution in [0, 0.1) is 6.92 Å². The van der Waals surface area contributed by atoms with E-state index in [2.05, 4.69) is 16.0 Å². The van der Waals surface area contributed by atoms with Crippen LogP contribution in [0.3, 0.4) is 0 Å². The molecule has 3 amide bonds. The molecule has 1 aliphatic heterocycles. The number of nitrogens with zero attached hydrogens (tertiary/aromatic N) is 1. The average Bonchev–Trinajstić information content (AvgIpc) is 2.46. The average molecular weight is 313 g/mol. The number of halogens is 1. The summed E-state index contributed by atoms with van der Waals surface area (Å²) >= 11 is 0. The van der Waals surface area contributed by atoms with E-state index in [4.69, 9.17) is 0 Å². The van der Waals surface area contributed by atoms with Crippen molar-refractivity contribution in [1.29, 1.82) is 0 Å². The summed E-state index contributed by atoms with van der Waals surface area (Å²) in [5.74, 6) is -0.0501. The van der Waals surface area contributed by atoms with Crippen LogP contribution in [0.2, 0.25) is 0 Å². The van der Waals surface area contributed by atoms with Crippen LogP contribution in [-0.4, -0.2) is 49.6 Å². The number of amides is 3. The molecule has 0 bridgehead atoms. The first-order valence-electron chi connectivity index (χ1n) is 6.75. The van der Waals surface area contributed by atoms with Gasteiger partial charge in [0.05, 0.1) is 6.54 Å². The van der Waals surface area contributed by atoms with Crippen molar-refractivity contribution >= 4 is 30.0 Å². The molecule has 1 heterocycles. The quantitative estimate of drug-likeness (QED) is 0.778. The summed E-state index contributed by atoms with van der Waals surface area (Å²) in [5, 5.41) is 8.47. The lowest BCUT2D eigenvalue weighted by Crippen LogP contribution is -2.49. The number of aryl methyl sites for hydroxylation is 1. The van der Waals surface area contributed by atoms with E-state index in [1.54, 1.807) is 4.90 Å². The molecule has 1 aromatic carbocycles. The minimum absolute atomic E-state index is 0. The molecule has 7 heteroatoms. The van der Waals surface area contributed by atoms with Gasteiger partial charge in [0, 0.05) is 31.9 Å². The summed E-state index contributed by atoms with van der Waals surface area (Å²) in [6.07, 6.45) is 0. The van der Waals surface area contributed by atoms with Crippen LogP contribution in [0.4, 0.5) is 10.5 Å². The largest absolute Gasteiger partial charge is 0.339 e. The van der Waals surface area contributed by atoms with Gasteiger partial charge in [0.1, 0.15) is 0 Å². The fourth-order valence-corrected chi connectivity index (χ4v) is 2.08. The molecule has 0 spiro atoms. The molecular formula is C14H21ClN4O2. The zero-order valence-corrected chi connectivity index (χ0v) is 12.8. The van der Waals surface area contributed by atoms with Crippen molar-refractivity contribution in [1.82, 2.24) is 15.5 Å². The molecule has 0 atom stereocenters. The number of carbonyl (C=O) groups excluding carboxylic acids is 2. The number of piperazine rings is 1. The second kappa shape index (κ2) is 8.49. The van der Waals surface area contributed by atoms with Gasteiger partial charge in [0.15, 0.2) is 0 Å². The number of benzene rings is 1. The van der Waals surface area contributed by atoms with Gasteiger partial charge >= 0.3 is 6.03 Å². The predicted molar refractivity (Wildman–Crippen MR) is 84.9 cm³/mol. The van der Waals surface area contributed by atoms with Crippen LogP contribution in [0.1, 0.15) is 5.56 Å². The smallest absolute Gasteiger partial charge is 0.319 e. The molecule has 1 aromatic rings. The number of nitrogens with one attached hydrogen (secondary N) is 3. The van der Waals surface area contributed by atoms with Gasteiger partial charge in [-0.3, -0.25) is 4.79 Å². The number of hydrogen-bond acceptors (Lipinski definition) is 3. The van der Waals surface area contributed by atoms with Crippen molar-refractivity contribution in [3.05, 3.63) is 29.8 Å². The van der Waals surface area contributed by atoms with Crippen molar-refractivity contribution in [2.24, 2.45) is 0 Å². The van der Waals surface area contributed by atoms with Crippen molar-refractivity contribution in [2.75, 3.05) is 38.0 Å². The Kier molecular flexibility index (Phi) is 6.98. The van der Waals surface area contributed by atoms with Crippen molar-refractivity contribution < 1.29 is 9.59 Å². The minimum atomic E-state index is -0.362. The van der Waals surface area contributed by atoms with E-state index in [0.717, 1.165) is 24.3 Å². The highest BCUT2D eigenvalue weighted by atomic mass is 35.5. The van der Waals surface area contributed by atoms with E-state index < -0.39 is 0 Å². The molecule has 116 valence electrons. The third-order valence-corrected chi connectivity index (χ3v) is 3.15. The highest BCUT2D eigenvalue weighted by Crippen LogP contribution is 2.08. The van der Waals surface area contributed by atoms with E-state index in [1.807, 2.05) is 31.2 Å². The lowest BCUT2D eigenvalue weighted by molar-refractivity contribution is -0.130. The van der Waals surface area contributed by atoms with Gasteiger partial charge in [0.2, 0.25) is 5.91 Å². The summed E-state index contributed by atoms with van der Waals surface area (Å²) in [7, 11) is 0. The molecule has 2 rings (SSSR count). The first-order chi connectivity index (χ1) is 9.65. The highest BCUT2D eigenvalue weighted by Gasteiger charge is 2.16. The van der Waals surface area contributed by atoms with Crippen LogP contribution in [0.5, 0.6) is 0 Å². The lowest BCUT2D eigenvalue weighted by Gasteiger charge is -2.27. The van der Waals surface area contributed by atoms with E-state index in [1.165, 1.54) is 0 Å². The number of anilines is 1. The first-order valence-corrected chi connectivity index (χ1v) is 6.75.